The number of nitrogens with zero attached hydrogens (tertiary/aromatic N) is 2. The lowest BCUT2D eigenvalue weighted by Crippen LogP contribution is -2.12. The summed E-state index contributed by atoms with van der Waals surface area (Å²) in [5, 5.41) is 3.30. The molecule has 0 unspecified atom stereocenters. The Bertz CT molecular complexity index is 500. The van der Waals surface area contributed by atoms with Crippen molar-refractivity contribution in [1.29, 1.82) is 0 Å². The van der Waals surface area contributed by atoms with Gasteiger partial charge in [0.25, 0.3) is 0 Å². The number of benzene rings is 1. The molecule has 1 heterocycles. The Morgan fingerprint density at radius 2 is 2.17 bits per heavy atom. The lowest BCUT2D eigenvalue weighted by molar-refractivity contribution is 0.408. The summed E-state index contributed by atoms with van der Waals surface area (Å²) in [5.74, 6) is 0.892. The van der Waals surface area contributed by atoms with Crippen molar-refractivity contribution in [3.05, 3.63) is 42.4 Å². The Balaban J connectivity index is 2.33. The van der Waals surface area contributed by atoms with Crippen LogP contribution in [0.3, 0.4) is 0 Å². The molecule has 2 aromatic rings. The van der Waals surface area contributed by atoms with Gasteiger partial charge in [0.1, 0.15) is 5.75 Å². The van der Waals surface area contributed by atoms with Gasteiger partial charge >= 0.3 is 0 Å². The standard InChI is InChI=1S/C14H17N3O/c1-3-15-9-12-8-11(4-5-14(12)18-2)13-10-16-6-7-17-13/h4-8,10,15H,3,9H2,1-2H3. The minimum Gasteiger partial charge on any atom is -0.496 e. The van der Waals surface area contributed by atoms with Crippen molar-refractivity contribution in [1.82, 2.24) is 15.3 Å². The maximum atomic E-state index is 5.36. The first kappa shape index (κ1) is 12.5. The van der Waals surface area contributed by atoms with Crippen molar-refractivity contribution in [3.8, 4) is 17.0 Å². The third-order valence-electron chi connectivity index (χ3n) is 2.70. The third-order valence-corrected chi connectivity index (χ3v) is 2.70. The molecule has 0 saturated heterocycles. The number of aromatic nitrogens is 2. The van der Waals surface area contributed by atoms with Crippen molar-refractivity contribution in [2.75, 3.05) is 13.7 Å². The van der Waals surface area contributed by atoms with Crippen LogP contribution >= 0.6 is 0 Å². The topological polar surface area (TPSA) is 47.0 Å². The minimum atomic E-state index is 0.785. The Morgan fingerprint density at radius 1 is 1.28 bits per heavy atom. The summed E-state index contributed by atoms with van der Waals surface area (Å²) in [6, 6.07) is 6.06. The van der Waals surface area contributed by atoms with E-state index in [-0.39, 0.29) is 0 Å². The van der Waals surface area contributed by atoms with E-state index >= 15 is 0 Å². The molecule has 94 valence electrons. The molecule has 0 aliphatic rings. The summed E-state index contributed by atoms with van der Waals surface area (Å²) in [6.07, 6.45) is 5.13. The molecule has 0 fully saturated rings. The van der Waals surface area contributed by atoms with Gasteiger partial charge in [-0.1, -0.05) is 6.92 Å². The SMILES string of the molecule is CCNCc1cc(-c2cnccn2)ccc1OC. The van der Waals surface area contributed by atoms with Gasteiger partial charge in [0.05, 0.1) is 19.0 Å². The van der Waals surface area contributed by atoms with Crippen LogP contribution in [-0.4, -0.2) is 23.6 Å². The highest BCUT2D eigenvalue weighted by atomic mass is 16.5. The summed E-state index contributed by atoms with van der Waals surface area (Å²) in [7, 11) is 1.69. The van der Waals surface area contributed by atoms with Gasteiger partial charge in [-0.2, -0.15) is 0 Å². The van der Waals surface area contributed by atoms with Gasteiger partial charge in [0, 0.05) is 30.1 Å². The van der Waals surface area contributed by atoms with E-state index in [1.54, 1.807) is 25.7 Å². The predicted octanol–water partition coefficient (Wildman–Crippen LogP) is 2.26. The molecule has 18 heavy (non-hydrogen) atoms. The van der Waals surface area contributed by atoms with Crippen LogP contribution in [0.4, 0.5) is 0 Å². The zero-order valence-electron chi connectivity index (χ0n) is 10.7. The second-order valence-corrected chi connectivity index (χ2v) is 3.90. The van der Waals surface area contributed by atoms with E-state index < -0.39 is 0 Å². The van der Waals surface area contributed by atoms with Crippen LogP contribution in [0.5, 0.6) is 5.75 Å². The van der Waals surface area contributed by atoms with Crippen molar-refractivity contribution in [2.24, 2.45) is 0 Å². The number of hydrogen-bond donors (Lipinski definition) is 1. The second kappa shape index (κ2) is 6.12. The summed E-state index contributed by atoms with van der Waals surface area (Å²) < 4.78 is 5.36. The Kier molecular flexibility index (Phi) is 4.25. The fraction of sp³-hybridized carbons (Fsp3) is 0.286. The molecule has 0 aliphatic carbocycles. The zero-order valence-corrected chi connectivity index (χ0v) is 10.7. The van der Waals surface area contributed by atoms with Gasteiger partial charge in [-0.15, -0.1) is 0 Å². The van der Waals surface area contributed by atoms with Gasteiger partial charge in [-0.05, 0) is 24.7 Å². The van der Waals surface area contributed by atoms with Gasteiger partial charge < -0.3 is 10.1 Å². The highest BCUT2D eigenvalue weighted by Gasteiger charge is 2.06. The van der Waals surface area contributed by atoms with Gasteiger partial charge in [-0.3, -0.25) is 9.97 Å². The van der Waals surface area contributed by atoms with Crippen LogP contribution in [0.2, 0.25) is 0 Å². The number of methoxy groups -OCH3 is 1. The lowest BCUT2D eigenvalue weighted by atomic mass is 10.1. The Hall–Kier alpha value is -1.94. The van der Waals surface area contributed by atoms with Crippen LogP contribution in [-0.2, 0) is 6.54 Å². The maximum Gasteiger partial charge on any atom is 0.123 e. The normalized spacial score (nSPS) is 10.3. The minimum absolute atomic E-state index is 0.785. The van der Waals surface area contributed by atoms with Gasteiger partial charge in [0.2, 0.25) is 0 Å². The first-order valence-electron chi connectivity index (χ1n) is 5.99. The molecule has 0 saturated carbocycles. The number of ether oxygens (including phenoxy) is 1. The van der Waals surface area contributed by atoms with Gasteiger partial charge in [0.15, 0.2) is 0 Å². The fourth-order valence-corrected chi connectivity index (χ4v) is 1.78. The number of hydrogen-bond acceptors (Lipinski definition) is 4. The molecule has 0 spiro atoms. The molecule has 4 heteroatoms. The molecular formula is C14H17N3O. The summed E-state index contributed by atoms with van der Waals surface area (Å²) in [4.78, 5) is 8.39. The summed E-state index contributed by atoms with van der Waals surface area (Å²) >= 11 is 0. The molecule has 0 amide bonds. The molecule has 4 nitrogen and oxygen atoms in total. The molecule has 0 radical (unpaired) electrons. The van der Waals surface area contributed by atoms with Crippen molar-refractivity contribution >= 4 is 0 Å². The zero-order chi connectivity index (χ0) is 12.8. The van der Waals surface area contributed by atoms with E-state index in [1.165, 1.54) is 0 Å². The van der Waals surface area contributed by atoms with Crippen molar-refractivity contribution in [3.63, 3.8) is 0 Å². The third kappa shape index (κ3) is 2.84. The van der Waals surface area contributed by atoms with Crippen LogP contribution in [0.25, 0.3) is 11.3 Å². The van der Waals surface area contributed by atoms with Crippen molar-refractivity contribution in [2.45, 2.75) is 13.5 Å². The molecule has 1 N–H and O–H groups in total. The predicted molar refractivity (Wildman–Crippen MR) is 71.4 cm³/mol. The quantitative estimate of drug-likeness (QED) is 0.875. The Labute approximate surface area is 107 Å². The number of rotatable bonds is 5. The van der Waals surface area contributed by atoms with E-state index in [1.807, 2.05) is 12.1 Å². The lowest BCUT2D eigenvalue weighted by Gasteiger charge is -2.10. The van der Waals surface area contributed by atoms with Crippen LogP contribution in [0, 0.1) is 0 Å². The summed E-state index contributed by atoms with van der Waals surface area (Å²) in [5.41, 5.74) is 3.05. The van der Waals surface area contributed by atoms with Crippen molar-refractivity contribution < 1.29 is 4.74 Å². The largest absolute Gasteiger partial charge is 0.496 e. The van der Waals surface area contributed by atoms with Crippen LogP contribution in [0.1, 0.15) is 12.5 Å². The highest BCUT2D eigenvalue weighted by Crippen LogP contribution is 2.24. The molecule has 1 aromatic carbocycles. The smallest absolute Gasteiger partial charge is 0.123 e. The Morgan fingerprint density at radius 3 is 2.83 bits per heavy atom. The highest BCUT2D eigenvalue weighted by molar-refractivity contribution is 5.61. The van der Waals surface area contributed by atoms with E-state index in [0.29, 0.717) is 0 Å². The first-order valence-corrected chi connectivity index (χ1v) is 5.99. The monoisotopic (exact) mass is 243 g/mol. The van der Waals surface area contributed by atoms with E-state index in [0.717, 1.165) is 35.7 Å². The van der Waals surface area contributed by atoms with Crippen LogP contribution in [0.15, 0.2) is 36.8 Å². The average Bonchev–Trinajstić information content (AvgIpc) is 2.45. The molecule has 0 bridgehead atoms. The average molecular weight is 243 g/mol. The second-order valence-electron chi connectivity index (χ2n) is 3.90. The summed E-state index contributed by atoms with van der Waals surface area (Å²) in [6.45, 7) is 3.80. The molecule has 0 aliphatic heterocycles. The number of nitrogens with one attached hydrogen (secondary N) is 1. The fourth-order valence-electron chi connectivity index (χ4n) is 1.78. The van der Waals surface area contributed by atoms with E-state index in [4.69, 9.17) is 4.74 Å². The van der Waals surface area contributed by atoms with Crippen LogP contribution < -0.4 is 10.1 Å². The molecule has 1 aromatic heterocycles. The first-order chi connectivity index (χ1) is 8.85. The van der Waals surface area contributed by atoms with E-state index in [9.17, 15) is 0 Å². The molecular weight excluding hydrogens is 226 g/mol. The van der Waals surface area contributed by atoms with E-state index in [2.05, 4.69) is 28.3 Å². The molecule has 0 atom stereocenters. The maximum absolute atomic E-state index is 5.36. The molecule has 2 rings (SSSR count). The van der Waals surface area contributed by atoms with Gasteiger partial charge in [-0.25, -0.2) is 0 Å².